The van der Waals surface area contributed by atoms with Gasteiger partial charge in [-0.05, 0) is 26.7 Å². The molecule has 0 bridgehead atoms. The molecular weight excluding hydrogens is 262 g/mol. The Labute approximate surface area is 120 Å². The molecule has 0 spiro atoms. The number of thioether (sulfide) groups is 1. The molecule has 2 atom stereocenters. The summed E-state index contributed by atoms with van der Waals surface area (Å²) in [6.07, 6.45) is 3.13. The molecule has 0 aromatic rings. The maximum Gasteiger partial charge on any atom is 0.330 e. The van der Waals surface area contributed by atoms with Crippen molar-refractivity contribution in [3.63, 3.8) is 0 Å². The van der Waals surface area contributed by atoms with Crippen LogP contribution in [0.1, 0.15) is 53.4 Å². The lowest BCUT2D eigenvalue weighted by atomic mass is 10.2. The van der Waals surface area contributed by atoms with Crippen molar-refractivity contribution in [3.8, 4) is 0 Å². The fraction of sp³-hybridized carbons (Fsp3) is 0.857. The van der Waals surface area contributed by atoms with Crippen molar-refractivity contribution in [3.05, 3.63) is 0 Å². The van der Waals surface area contributed by atoms with E-state index in [1.54, 1.807) is 16.7 Å². The minimum absolute atomic E-state index is 0.0802. The second kappa shape index (κ2) is 7.78. The fourth-order valence-electron chi connectivity index (χ4n) is 2.20. The molecule has 1 heterocycles. The number of esters is 1. The van der Waals surface area contributed by atoms with Gasteiger partial charge in [-0.2, -0.15) is 0 Å². The second-order valence-corrected chi connectivity index (χ2v) is 6.34. The van der Waals surface area contributed by atoms with E-state index in [0.29, 0.717) is 12.2 Å². The topological polar surface area (TPSA) is 46.6 Å². The molecule has 110 valence electrons. The summed E-state index contributed by atoms with van der Waals surface area (Å²) < 4.78 is 5.27. The van der Waals surface area contributed by atoms with E-state index < -0.39 is 6.04 Å². The molecule has 2 unspecified atom stereocenters. The summed E-state index contributed by atoms with van der Waals surface area (Å²) in [6.45, 7) is 7.75. The van der Waals surface area contributed by atoms with E-state index in [4.69, 9.17) is 4.74 Å². The molecule has 1 saturated heterocycles. The lowest BCUT2D eigenvalue weighted by Gasteiger charge is -2.28. The molecular formula is C14H25NO3S. The minimum Gasteiger partial charge on any atom is -0.461 e. The van der Waals surface area contributed by atoms with E-state index in [1.807, 2.05) is 20.8 Å². The van der Waals surface area contributed by atoms with Crippen LogP contribution in [0.4, 0.5) is 0 Å². The predicted octanol–water partition coefficient (Wildman–Crippen LogP) is 2.81. The maximum absolute atomic E-state index is 12.2. The molecule has 0 saturated carbocycles. The standard InChI is InChI=1S/C14H25NO3S/c1-5-7-12(16)15-11(14(17)18-10(3)4)9-19-13(15)8-6-2/h10-11,13H,5-9H2,1-4H3. The molecule has 1 aliphatic heterocycles. The van der Waals surface area contributed by atoms with Crippen LogP contribution in [0.5, 0.6) is 0 Å². The molecule has 1 amide bonds. The van der Waals surface area contributed by atoms with Crippen LogP contribution in [0, 0.1) is 0 Å². The molecule has 1 aliphatic rings. The molecule has 19 heavy (non-hydrogen) atoms. The van der Waals surface area contributed by atoms with Crippen LogP contribution in [-0.2, 0) is 14.3 Å². The van der Waals surface area contributed by atoms with Crippen LogP contribution in [0.2, 0.25) is 0 Å². The third kappa shape index (κ3) is 4.41. The van der Waals surface area contributed by atoms with Gasteiger partial charge < -0.3 is 9.64 Å². The average molecular weight is 287 g/mol. The fourth-order valence-corrected chi connectivity index (χ4v) is 3.73. The molecule has 1 fully saturated rings. The number of carbonyl (C=O) groups excluding carboxylic acids is 2. The summed E-state index contributed by atoms with van der Waals surface area (Å²) in [7, 11) is 0. The third-order valence-electron chi connectivity index (χ3n) is 3.00. The predicted molar refractivity (Wildman–Crippen MR) is 77.9 cm³/mol. The van der Waals surface area contributed by atoms with Gasteiger partial charge in [0.2, 0.25) is 5.91 Å². The van der Waals surface area contributed by atoms with Crippen molar-refractivity contribution >= 4 is 23.6 Å². The highest BCUT2D eigenvalue weighted by atomic mass is 32.2. The van der Waals surface area contributed by atoms with Crippen molar-refractivity contribution in [1.82, 2.24) is 4.90 Å². The van der Waals surface area contributed by atoms with Gasteiger partial charge in [0.25, 0.3) is 0 Å². The number of carbonyl (C=O) groups is 2. The van der Waals surface area contributed by atoms with Crippen LogP contribution in [0.15, 0.2) is 0 Å². The van der Waals surface area contributed by atoms with E-state index >= 15 is 0 Å². The molecule has 1 rings (SSSR count). The largest absolute Gasteiger partial charge is 0.461 e. The quantitative estimate of drug-likeness (QED) is 0.705. The van der Waals surface area contributed by atoms with Crippen LogP contribution >= 0.6 is 11.8 Å². The first-order valence-electron chi connectivity index (χ1n) is 7.14. The highest BCUT2D eigenvalue weighted by Crippen LogP contribution is 2.33. The number of hydrogen-bond acceptors (Lipinski definition) is 4. The Kier molecular flexibility index (Phi) is 6.69. The lowest BCUT2D eigenvalue weighted by molar-refractivity contribution is -0.157. The van der Waals surface area contributed by atoms with E-state index in [0.717, 1.165) is 19.3 Å². The number of amides is 1. The molecule has 0 aromatic heterocycles. The normalized spacial score (nSPS) is 22.9. The zero-order valence-corrected chi connectivity index (χ0v) is 13.2. The van der Waals surface area contributed by atoms with Crippen molar-refractivity contribution < 1.29 is 14.3 Å². The van der Waals surface area contributed by atoms with E-state index in [1.165, 1.54) is 0 Å². The third-order valence-corrected chi connectivity index (χ3v) is 4.36. The van der Waals surface area contributed by atoms with E-state index in [2.05, 4.69) is 6.92 Å². The maximum atomic E-state index is 12.2. The van der Waals surface area contributed by atoms with Gasteiger partial charge >= 0.3 is 5.97 Å². The average Bonchev–Trinajstić information content (AvgIpc) is 2.73. The molecule has 4 nitrogen and oxygen atoms in total. The lowest BCUT2D eigenvalue weighted by Crippen LogP contribution is -2.46. The molecule has 0 aromatic carbocycles. The number of nitrogens with zero attached hydrogens (tertiary/aromatic N) is 1. The van der Waals surface area contributed by atoms with Gasteiger partial charge in [0.05, 0.1) is 11.5 Å². The summed E-state index contributed by atoms with van der Waals surface area (Å²) in [5, 5.41) is 0.133. The Bertz CT molecular complexity index is 318. The zero-order valence-electron chi connectivity index (χ0n) is 12.3. The van der Waals surface area contributed by atoms with Gasteiger partial charge in [0.1, 0.15) is 6.04 Å². The Morgan fingerprint density at radius 1 is 1.32 bits per heavy atom. The summed E-state index contributed by atoms with van der Waals surface area (Å²) in [5.74, 6) is 0.480. The summed E-state index contributed by atoms with van der Waals surface area (Å²) in [5.41, 5.74) is 0. The monoisotopic (exact) mass is 287 g/mol. The smallest absolute Gasteiger partial charge is 0.330 e. The number of hydrogen-bond donors (Lipinski definition) is 0. The minimum atomic E-state index is -0.400. The highest BCUT2D eigenvalue weighted by molar-refractivity contribution is 8.00. The molecule has 5 heteroatoms. The van der Waals surface area contributed by atoms with Crippen molar-refractivity contribution in [2.24, 2.45) is 0 Å². The van der Waals surface area contributed by atoms with Crippen LogP contribution < -0.4 is 0 Å². The van der Waals surface area contributed by atoms with Gasteiger partial charge in [-0.25, -0.2) is 4.79 Å². The summed E-state index contributed by atoms with van der Waals surface area (Å²) >= 11 is 1.70. The van der Waals surface area contributed by atoms with E-state index in [9.17, 15) is 9.59 Å². The van der Waals surface area contributed by atoms with Crippen molar-refractivity contribution in [1.29, 1.82) is 0 Å². The van der Waals surface area contributed by atoms with Crippen molar-refractivity contribution in [2.75, 3.05) is 5.75 Å². The van der Waals surface area contributed by atoms with Gasteiger partial charge in [-0.15, -0.1) is 11.8 Å². The van der Waals surface area contributed by atoms with Crippen molar-refractivity contribution in [2.45, 2.75) is 70.9 Å². The SMILES string of the molecule is CCCC(=O)N1C(CCC)SCC1C(=O)OC(C)C. The molecule has 0 aliphatic carbocycles. The summed E-state index contributed by atoms with van der Waals surface area (Å²) in [4.78, 5) is 26.1. The highest BCUT2D eigenvalue weighted by Gasteiger charge is 2.41. The first kappa shape index (κ1) is 16.3. The van der Waals surface area contributed by atoms with Crippen LogP contribution in [-0.4, -0.2) is 40.0 Å². The Morgan fingerprint density at radius 2 is 2.00 bits per heavy atom. The van der Waals surface area contributed by atoms with Gasteiger partial charge in [0, 0.05) is 12.2 Å². The molecule has 0 N–H and O–H groups in total. The second-order valence-electron chi connectivity index (χ2n) is 5.13. The Morgan fingerprint density at radius 3 is 2.53 bits per heavy atom. The zero-order chi connectivity index (χ0) is 14.4. The van der Waals surface area contributed by atoms with Gasteiger partial charge in [-0.1, -0.05) is 20.3 Å². The number of rotatable bonds is 6. The Balaban J connectivity index is 2.78. The van der Waals surface area contributed by atoms with Crippen LogP contribution in [0.3, 0.4) is 0 Å². The first-order chi connectivity index (χ1) is 9.01. The van der Waals surface area contributed by atoms with Gasteiger partial charge in [0.15, 0.2) is 0 Å². The van der Waals surface area contributed by atoms with E-state index in [-0.39, 0.29) is 23.4 Å². The van der Waals surface area contributed by atoms with Gasteiger partial charge in [-0.3, -0.25) is 4.79 Å². The first-order valence-corrected chi connectivity index (χ1v) is 8.19. The number of ether oxygens (including phenoxy) is 1. The molecule has 0 radical (unpaired) electrons. The van der Waals surface area contributed by atoms with Crippen LogP contribution in [0.25, 0.3) is 0 Å². The Hall–Kier alpha value is -0.710. The summed E-state index contributed by atoms with van der Waals surface area (Å²) in [6, 6.07) is -0.400.